The Bertz CT molecular complexity index is 1370. The molecule has 196 valence electrons. The zero-order chi connectivity index (χ0) is 26.1. The van der Waals surface area contributed by atoms with E-state index in [2.05, 4.69) is 0 Å². The minimum Gasteiger partial charge on any atom is -0.363 e. The van der Waals surface area contributed by atoms with Crippen molar-refractivity contribution in [1.82, 2.24) is 0 Å². The summed E-state index contributed by atoms with van der Waals surface area (Å²) < 4.78 is 81.1. The van der Waals surface area contributed by atoms with Crippen LogP contribution in [0.2, 0.25) is 0 Å². The highest BCUT2D eigenvalue weighted by Crippen LogP contribution is 2.64. The van der Waals surface area contributed by atoms with E-state index in [-0.39, 0.29) is 23.0 Å². The minimum atomic E-state index is -4.12. The molecule has 0 radical (unpaired) electrons. The minimum absolute atomic E-state index is 0.0135. The van der Waals surface area contributed by atoms with Crippen molar-refractivity contribution in [3.63, 3.8) is 0 Å². The highest BCUT2D eigenvalue weighted by Gasteiger charge is 2.82. The maximum absolute atomic E-state index is 13.0. The van der Waals surface area contributed by atoms with Gasteiger partial charge in [-0.15, -0.1) is 0 Å². The van der Waals surface area contributed by atoms with Crippen molar-refractivity contribution in [3.8, 4) is 0 Å². The monoisotopic (exact) mass is 538 g/mol. The summed E-state index contributed by atoms with van der Waals surface area (Å²) >= 11 is 0. The first kappa shape index (κ1) is 25.8. The van der Waals surface area contributed by atoms with Crippen LogP contribution in [0.4, 0.5) is 0 Å². The molecule has 2 aliphatic heterocycles. The van der Waals surface area contributed by atoms with Crippen LogP contribution in [-0.4, -0.2) is 59.2 Å². The Kier molecular flexibility index (Phi) is 5.96. The second kappa shape index (κ2) is 8.32. The molecule has 0 spiro atoms. The number of hydrogen-bond acceptors (Lipinski definition) is 9. The molecule has 1 aliphatic carbocycles. The third kappa shape index (κ3) is 4.30. The fraction of sp³-hybridized carbons (Fsp3) is 0.520. The summed E-state index contributed by atoms with van der Waals surface area (Å²) in [5.41, 5.74) is -0.295. The van der Waals surface area contributed by atoms with Gasteiger partial charge in [-0.1, -0.05) is 35.4 Å². The number of hydrogen-bond donors (Lipinski definition) is 0. The lowest BCUT2D eigenvalue weighted by molar-refractivity contribution is -0.189. The highest BCUT2D eigenvalue weighted by atomic mass is 32.2. The lowest BCUT2D eigenvalue weighted by Gasteiger charge is -2.37. The second-order valence-corrected chi connectivity index (χ2v) is 13.6. The highest BCUT2D eigenvalue weighted by molar-refractivity contribution is 7.87. The van der Waals surface area contributed by atoms with Crippen LogP contribution in [0.3, 0.4) is 0 Å². The molecular weight excluding hydrogens is 508 g/mol. The predicted molar refractivity (Wildman–Crippen MR) is 128 cm³/mol. The number of rotatable bonds is 8. The molecule has 0 amide bonds. The van der Waals surface area contributed by atoms with Crippen LogP contribution in [0.25, 0.3) is 0 Å². The van der Waals surface area contributed by atoms with Gasteiger partial charge >= 0.3 is 0 Å². The van der Waals surface area contributed by atoms with Gasteiger partial charge in [0.25, 0.3) is 20.2 Å². The summed E-state index contributed by atoms with van der Waals surface area (Å²) in [4.78, 5) is 0.0387. The SMILES string of the molecule is Cc1ccc(S(=O)(=O)OC[C@@H]2[C@@]3(C)O[C@H]3[C@H]3OC(C)(C)O[C@]32COS(=O)(=O)c2ccc(C)cc2)cc1. The molecule has 0 unspecified atom stereocenters. The number of ether oxygens (including phenoxy) is 3. The van der Waals surface area contributed by atoms with E-state index < -0.39 is 55.4 Å². The summed E-state index contributed by atoms with van der Waals surface area (Å²) in [6, 6.07) is 12.6. The summed E-state index contributed by atoms with van der Waals surface area (Å²) in [5.74, 6) is -1.75. The molecular formula is C25H30O9S2. The molecule has 2 aromatic carbocycles. The Hall–Kier alpha value is -1.86. The normalized spacial score (nSPS) is 32.8. The summed E-state index contributed by atoms with van der Waals surface area (Å²) in [5, 5.41) is 0. The Morgan fingerprint density at radius 1 is 0.750 bits per heavy atom. The number of aryl methyl sites for hydroxylation is 2. The van der Waals surface area contributed by atoms with Gasteiger partial charge in [-0.25, -0.2) is 0 Å². The first-order valence-electron chi connectivity index (χ1n) is 11.7. The fourth-order valence-corrected chi connectivity index (χ4v) is 7.16. The number of benzene rings is 2. The molecule has 3 aliphatic rings. The molecule has 3 fully saturated rings. The van der Waals surface area contributed by atoms with Gasteiger partial charge in [0.1, 0.15) is 23.4 Å². The molecule has 9 nitrogen and oxygen atoms in total. The predicted octanol–water partition coefficient (Wildman–Crippen LogP) is 3.09. The molecule has 0 N–H and O–H groups in total. The molecule has 5 rings (SSSR count). The topological polar surface area (TPSA) is 118 Å². The first-order valence-corrected chi connectivity index (χ1v) is 14.5. The Balaban J connectivity index is 1.43. The van der Waals surface area contributed by atoms with Crippen molar-refractivity contribution in [1.29, 1.82) is 0 Å². The molecule has 2 aromatic rings. The lowest BCUT2D eigenvalue weighted by Crippen LogP contribution is -2.53. The van der Waals surface area contributed by atoms with Crippen LogP contribution < -0.4 is 0 Å². The van der Waals surface area contributed by atoms with Crippen LogP contribution in [0.5, 0.6) is 0 Å². The van der Waals surface area contributed by atoms with E-state index in [0.717, 1.165) is 11.1 Å². The van der Waals surface area contributed by atoms with Crippen molar-refractivity contribution in [2.24, 2.45) is 5.92 Å². The third-order valence-electron chi connectivity index (χ3n) is 7.22. The Labute approximate surface area is 211 Å². The second-order valence-electron chi connectivity index (χ2n) is 10.4. The smallest absolute Gasteiger partial charge is 0.297 e. The zero-order valence-corrected chi connectivity index (χ0v) is 22.4. The van der Waals surface area contributed by atoms with E-state index in [1.54, 1.807) is 38.1 Å². The van der Waals surface area contributed by atoms with Crippen molar-refractivity contribution in [2.75, 3.05) is 13.2 Å². The van der Waals surface area contributed by atoms with Gasteiger partial charge in [-0.05, 0) is 58.9 Å². The van der Waals surface area contributed by atoms with Crippen molar-refractivity contribution in [2.45, 2.75) is 73.6 Å². The third-order valence-corrected chi connectivity index (χ3v) is 9.80. The molecule has 1 saturated carbocycles. The fourth-order valence-electron chi connectivity index (χ4n) is 5.29. The van der Waals surface area contributed by atoms with Gasteiger partial charge in [0.2, 0.25) is 0 Å². The molecule has 36 heavy (non-hydrogen) atoms. The number of fused-ring (bicyclic) bond motifs is 3. The van der Waals surface area contributed by atoms with Crippen LogP contribution in [0, 0.1) is 19.8 Å². The van der Waals surface area contributed by atoms with Crippen molar-refractivity contribution < 1.29 is 39.4 Å². The van der Waals surface area contributed by atoms with E-state index in [1.807, 2.05) is 20.8 Å². The molecule has 5 atom stereocenters. The molecule has 0 aromatic heterocycles. The van der Waals surface area contributed by atoms with Gasteiger partial charge in [-0.3, -0.25) is 8.37 Å². The maximum atomic E-state index is 13.0. The molecule has 11 heteroatoms. The van der Waals surface area contributed by atoms with E-state index in [1.165, 1.54) is 24.3 Å². The Morgan fingerprint density at radius 3 is 1.78 bits per heavy atom. The molecule has 2 saturated heterocycles. The summed E-state index contributed by atoms with van der Waals surface area (Å²) in [6.07, 6.45) is -1.08. The summed E-state index contributed by atoms with van der Waals surface area (Å²) in [6.45, 7) is 8.27. The van der Waals surface area contributed by atoms with Gasteiger partial charge in [0, 0.05) is 5.92 Å². The van der Waals surface area contributed by atoms with Gasteiger partial charge in [-0.2, -0.15) is 16.8 Å². The van der Waals surface area contributed by atoms with Crippen molar-refractivity contribution in [3.05, 3.63) is 59.7 Å². The van der Waals surface area contributed by atoms with Crippen molar-refractivity contribution >= 4 is 20.2 Å². The van der Waals surface area contributed by atoms with E-state index in [9.17, 15) is 16.8 Å². The largest absolute Gasteiger partial charge is 0.363 e. The van der Waals surface area contributed by atoms with E-state index >= 15 is 0 Å². The lowest BCUT2D eigenvalue weighted by atomic mass is 9.85. The standard InChI is InChI=1S/C25H30O9S2/c1-16-6-10-18(11-7-16)35(26,27)30-14-20-24(5)21(33-24)22-25(20,34-23(3,4)32-22)15-31-36(28,29)19-12-8-17(2)9-13-19/h6-13,20-22H,14-15H2,1-5H3/t20-,21+,22-,24-,25+/m1/s1. The zero-order valence-electron chi connectivity index (χ0n) is 20.8. The van der Waals surface area contributed by atoms with Gasteiger partial charge in [0.15, 0.2) is 5.79 Å². The molecule has 2 heterocycles. The maximum Gasteiger partial charge on any atom is 0.297 e. The van der Waals surface area contributed by atoms with Gasteiger partial charge in [0.05, 0.1) is 23.0 Å². The van der Waals surface area contributed by atoms with Crippen LogP contribution >= 0.6 is 0 Å². The Morgan fingerprint density at radius 2 is 1.25 bits per heavy atom. The van der Waals surface area contributed by atoms with E-state index in [0.29, 0.717) is 0 Å². The van der Waals surface area contributed by atoms with Crippen LogP contribution in [0.1, 0.15) is 31.9 Å². The van der Waals surface area contributed by atoms with Crippen LogP contribution in [-0.2, 0) is 42.8 Å². The number of epoxide rings is 1. The van der Waals surface area contributed by atoms with Gasteiger partial charge < -0.3 is 14.2 Å². The van der Waals surface area contributed by atoms with E-state index in [4.69, 9.17) is 22.6 Å². The van der Waals surface area contributed by atoms with Crippen LogP contribution in [0.15, 0.2) is 58.3 Å². The average Bonchev–Trinajstić information content (AvgIpc) is 3.32. The summed E-state index contributed by atoms with van der Waals surface area (Å²) in [7, 11) is -8.20. The quantitative estimate of drug-likeness (QED) is 0.369. The first-order chi connectivity index (χ1) is 16.7. The molecule has 0 bridgehead atoms. The average molecular weight is 539 g/mol.